The van der Waals surface area contributed by atoms with Crippen LogP contribution in [-0.4, -0.2) is 19.8 Å². The maximum atomic E-state index is 14.1. The number of rotatable bonds is 3. The maximum Gasteiger partial charge on any atom is 0.161 e. The lowest BCUT2D eigenvalue weighted by Gasteiger charge is -2.32. The van der Waals surface area contributed by atoms with Crippen molar-refractivity contribution in [3.8, 4) is 11.5 Å². The van der Waals surface area contributed by atoms with Crippen LogP contribution in [0, 0.1) is 0 Å². The Morgan fingerprint density at radius 1 is 1.20 bits per heavy atom. The number of hydrogen-bond acceptors (Lipinski definition) is 3. The average Bonchev–Trinajstić information content (AvgIpc) is 2.96. The third kappa shape index (κ3) is 2.16. The van der Waals surface area contributed by atoms with E-state index in [1.54, 1.807) is 6.92 Å². The Labute approximate surface area is 119 Å². The first-order chi connectivity index (χ1) is 9.66. The lowest BCUT2D eigenvalue weighted by molar-refractivity contribution is 0.170. The van der Waals surface area contributed by atoms with Crippen molar-refractivity contribution >= 4 is 0 Å². The molecule has 0 radical (unpaired) electrons. The summed E-state index contributed by atoms with van der Waals surface area (Å²) in [6.45, 7) is 3.21. The van der Waals surface area contributed by atoms with Crippen molar-refractivity contribution in [1.29, 1.82) is 0 Å². The number of alkyl halides is 1. The summed E-state index contributed by atoms with van der Waals surface area (Å²) in [5.41, 5.74) is 7.69. The van der Waals surface area contributed by atoms with Crippen LogP contribution >= 0.6 is 0 Å². The molecule has 1 aliphatic heterocycles. The predicted octanol–water partition coefficient (Wildman–Crippen LogP) is 3.26. The molecule has 0 bridgehead atoms. The van der Waals surface area contributed by atoms with Gasteiger partial charge >= 0.3 is 0 Å². The highest BCUT2D eigenvalue weighted by molar-refractivity contribution is 5.51. The average molecular weight is 279 g/mol. The van der Waals surface area contributed by atoms with Gasteiger partial charge in [0, 0.05) is 12.0 Å². The predicted molar refractivity (Wildman–Crippen MR) is 76.2 cm³/mol. The first-order valence-corrected chi connectivity index (χ1v) is 7.44. The zero-order chi connectivity index (χ0) is 14.2. The molecule has 1 saturated carbocycles. The summed E-state index contributed by atoms with van der Waals surface area (Å²) >= 11 is 0. The summed E-state index contributed by atoms with van der Waals surface area (Å²) in [5.74, 6) is 1.39. The molecule has 2 aliphatic rings. The zero-order valence-electron chi connectivity index (χ0n) is 12.0. The van der Waals surface area contributed by atoms with Gasteiger partial charge in [0.2, 0.25) is 0 Å². The third-order valence-electron chi connectivity index (χ3n) is 4.67. The van der Waals surface area contributed by atoms with Crippen LogP contribution in [0.1, 0.15) is 49.9 Å². The second kappa shape index (κ2) is 5.24. The van der Waals surface area contributed by atoms with Crippen molar-refractivity contribution in [2.24, 2.45) is 5.73 Å². The molecular weight excluding hydrogens is 257 g/mol. The largest absolute Gasteiger partial charge is 0.486 e. The lowest BCUT2D eigenvalue weighted by atomic mass is 9.76. The van der Waals surface area contributed by atoms with Crippen molar-refractivity contribution in [2.45, 2.75) is 44.2 Å². The Morgan fingerprint density at radius 3 is 2.35 bits per heavy atom. The highest BCUT2D eigenvalue weighted by Crippen LogP contribution is 2.47. The summed E-state index contributed by atoms with van der Waals surface area (Å²) in [6, 6.07) is 3.78. The molecule has 1 aromatic carbocycles. The Morgan fingerprint density at radius 2 is 1.80 bits per heavy atom. The Bertz CT molecular complexity index is 495. The van der Waals surface area contributed by atoms with Crippen LogP contribution in [0.15, 0.2) is 12.1 Å². The third-order valence-corrected chi connectivity index (χ3v) is 4.67. The summed E-state index contributed by atoms with van der Waals surface area (Å²) < 4.78 is 25.3. The highest BCUT2D eigenvalue weighted by Gasteiger charge is 2.38. The molecule has 3 nitrogen and oxygen atoms in total. The van der Waals surface area contributed by atoms with Crippen molar-refractivity contribution in [2.75, 3.05) is 19.8 Å². The highest BCUT2D eigenvalue weighted by atomic mass is 19.1. The second-order valence-corrected chi connectivity index (χ2v) is 5.89. The van der Waals surface area contributed by atoms with Gasteiger partial charge in [-0.3, -0.25) is 0 Å². The molecule has 1 atom stereocenters. The Kier molecular flexibility index (Phi) is 3.59. The summed E-state index contributed by atoms with van der Waals surface area (Å²) in [7, 11) is 0. The molecule has 0 aromatic heterocycles. The number of ether oxygens (including phenoxy) is 2. The minimum atomic E-state index is -1.02. The summed E-state index contributed by atoms with van der Waals surface area (Å²) in [4.78, 5) is 0. The molecule has 0 spiro atoms. The van der Waals surface area contributed by atoms with Gasteiger partial charge in [-0.1, -0.05) is 12.8 Å². The van der Waals surface area contributed by atoms with Crippen LogP contribution < -0.4 is 15.2 Å². The lowest BCUT2D eigenvalue weighted by Crippen LogP contribution is -2.33. The molecule has 110 valence electrons. The number of hydrogen-bond donors (Lipinski definition) is 1. The van der Waals surface area contributed by atoms with E-state index in [4.69, 9.17) is 15.2 Å². The minimum Gasteiger partial charge on any atom is -0.486 e. The van der Waals surface area contributed by atoms with Crippen molar-refractivity contribution < 1.29 is 13.9 Å². The van der Waals surface area contributed by atoms with E-state index in [-0.39, 0.29) is 5.41 Å². The quantitative estimate of drug-likeness (QED) is 0.923. The minimum absolute atomic E-state index is 0.0917. The number of fused-ring (bicyclic) bond motifs is 1. The normalized spacial score (nSPS) is 21.8. The molecule has 0 amide bonds. The van der Waals surface area contributed by atoms with E-state index in [0.29, 0.717) is 31.1 Å². The Hall–Kier alpha value is -1.29. The van der Waals surface area contributed by atoms with Crippen LogP contribution in [0.4, 0.5) is 4.39 Å². The fourth-order valence-corrected chi connectivity index (χ4v) is 3.53. The number of benzene rings is 1. The van der Waals surface area contributed by atoms with Crippen LogP contribution in [0.25, 0.3) is 0 Å². The topological polar surface area (TPSA) is 44.5 Å². The molecule has 1 unspecified atom stereocenters. The van der Waals surface area contributed by atoms with Gasteiger partial charge in [0.1, 0.15) is 19.4 Å². The van der Waals surface area contributed by atoms with E-state index >= 15 is 0 Å². The van der Waals surface area contributed by atoms with Crippen molar-refractivity contribution in [3.05, 3.63) is 23.3 Å². The van der Waals surface area contributed by atoms with E-state index in [0.717, 1.165) is 37.0 Å². The first kappa shape index (κ1) is 13.7. The van der Waals surface area contributed by atoms with Gasteiger partial charge in [-0.2, -0.15) is 0 Å². The van der Waals surface area contributed by atoms with Crippen LogP contribution in [0.2, 0.25) is 0 Å². The molecule has 1 aliphatic carbocycles. The van der Waals surface area contributed by atoms with Gasteiger partial charge in [0.05, 0.1) is 0 Å². The van der Waals surface area contributed by atoms with Crippen LogP contribution in [-0.2, 0) is 5.41 Å². The number of nitrogens with two attached hydrogens (primary N) is 1. The van der Waals surface area contributed by atoms with Crippen molar-refractivity contribution in [1.82, 2.24) is 0 Å². The van der Waals surface area contributed by atoms with Gasteiger partial charge in [-0.25, -0.2) is 4.39 Å². The fourth-order valence-electron chi connectivity index (χ4n) is 3.53. The summed E-state index contributed by atoms with van der Waals surface area (Å²) in [6.07, 6.45) is 3.35. The van der Waals surface area contributed by atoms with Gasteiger partial charge in [-0.15, -0.1) is 0 Å². The summed E-state index contributed by atoms with van der Waals surface area (Å²) in [5, 5.41) is 0. The molecule has 4 heteroatoms. The molecule has 1 aromatic rings. The van der Waals surface area contributed by atoms with Gasteiger partial charge in [0.15, 0.2) is 11.5 Å². The standard InChI is InChI=1S/C16H22FNO2/c1-11(17)12-8-14-15(20-7-6-19-14)9-13(12)16(10-18)4-2-3-5-16/h8-9,11H,2-7,10,18H2,1H3. The van der Waals surface area contributed by atoms with E-state index in [9.17, 15) is 4.39 Å². The molecule has 1 fully saturated rings. The van der Waals surface area contributed by atoms with E-state index in [1.807, 2.05) is 12.1 Å². The van der Waals surface area contributed by atoms with E-state index in [1.165, 1.54) is 0 Å². The van der Waals surface area contributed by atoms with Gasteiger partial charge in [0.25, 0.3) is 0 Å². The van der Waals surface area contributed by atoms with E-state index < -0.39 is 6.17 Å². The molecule has 2 N–H and O–H groups in total. The fraction of sp³-hybridized carbons (Fsp3) is 0.625. The van der Waals surface area contributed by atoms with Crippen LogP contribution in [0.3, 0.4) is 0 Å². The smallest absolute Gasteiger partial charge is 0.161 e. The Balaban J connectivity index is 2.12. The van der Waals surface area contributed by atoms with Crippen molar-refractivity contribution in [3.63, 3.8) is 0 Å². The van der Waals surface area contributed by atoms with E-state index in [2.05, 4.69) is 0 Å². The SMILES string of the molecule is CC(F)c1cc2c(cc1C1(CN)CCCC1)OCCO2. The van der Waals surface area contributed by atoms with Gasteiger partial charge < -0.3 is 15.2 Å². The monoisotopic (exact) mass is 279 g/mol. The molecule has 1 heterocycles. The zero-order valence-corrected chi connectivity index (χ0v) is 12.0. The second-order valence-electron chi connectivity index (χ2n) is 5.89. The molecule has 0 saturated heterocycles. The molecular formula is C16H22FNO2. The first-order valence-electron chi connectivity index (χ1n) is 7.44. The maximum absolute atomic E-state index is 14.1. The number of halogens is 1. The molecule has 3 rings (SSSR count). The molecule has 20 heavy (non-hydrogen) atoms. The van der Waals surface area contributed by atoms with Crippen LogP contribution in [0.5, 0.6) is 11.5 Å². The van der Waals surface area contributed by atoms with Gasteiger partial charge in [-0.05, 0) is 43.0 Å².